The summed E-state index contributed by atoms with van der Waals surface area (Å²) in [5.41, 5.74) is 13.3. The normalized spacial score (nSPS) is 11.5. The van der Waals surface area contributed by atoms with E-state index in [4.69, 9.17) is 19.9 Å². The minimum absolute atomic E-state index is 0.852. The molecule has 0 fully saturated rings. The summed E-state index contributed by atoms with van der Waals surface area (Å²) in [5, 5.41) is 4.54. The first-order valence-corrected chi connectivity index (χ1v) is 17.5. The summed E-state index contributed by atoms with van der Waals surface area (Å²) >= 11 is 0. The van der Waals surface area contributed by atoms with Gasteiger partial charge in [-0.15, -0.1) is 0 Å². The van der Waals surface area contributed by atoms with Crippen molar-refractivity contribution in [1.29, 1.82) is 0 Å². The van der Waals surface area contributed by atoms with E-state index in [0.29, 0.717) is 0 Å². The van der Waals surface area contributed by atoms with Crippen molar-refractivity contribution in [2.45, 2.75) is 0 Å². The van der Waals surface area contributed by atoms with Crippen LogP contribution in [-0.2, 0) is 0 Å². The molecular formula is C48H30N4. The molecule has 0 aliphatic heterocycles. The third kappa shape index (κ3) is 5.26. The van der Waals surface area contributed by atoms with Gasteiger partial charge in [0.25, 0.3) is 0 Å². The fourth-order valence-electron chi connectivity index (χ4n) is 7.19. The number of benzene rings is 7. The van der Waals surface area contributed by atoms with E-state index in [1.54, 1.807) is 0 Å². The van der Waals surface area contributed by atoms with Crippen LogP contribution in [0.25, 0.3) is 99.8 Å². The van der Waals surface area contributed by atoms with Gasteiger partial charge in [-0.05, 0) is 46.7 Å². The molecule has 7 aromatic carbocycles. The van der Waals surface area contributed by atoms with Gasteiger partial charge >= 0.3 is 0 Å². The summed E-state index contributed by atoms with van der Waals surface area (Å²) in [6.45, 7) is 0. The minimum Gasteiger partial charge on any atom is -0.245 e. The molecule has 0 saturated heterocycles. The SMILES string of the molecule is c1ccc(-c2nc3cccc(-c4cccc(-c5ccc6ccc7ccc(-c8ccc9ccccc9c8)nc7c6n5)c4)c3nc2-c2ccccc2)cc1. The Kier molecular flexibility index (Phi) is 7.10. The van der Waals surface area contributed by atoms with E-state index in [-0.39, 0.29) is 0 Å². The summed E-state index contributed by atoms with van der Waals surface area (Å²) in [6, 6.07) is 63.1. The van der Waals surface area contributed by atoms with Crippen molar-refractivity contribution in [2.24, 2.45) is 0 Å². The summed E-state index contributed by atoms with van der Waals surface area (Å²) in [7, 11) is 0. The molecule has 3 heterocycles. The van der Waals surface area contributed by atoms with Gasteiger partial charge < -0.3 is 0 Å². The minimum atomic E-state index is 0.852. The molecule has 10 aromatic rings. The van der Waals surface area contributed by atoms with Crippen LogP contribution in [0, 0.1) is 0 Å². The number of hydrogen-bond acceptors (Lipinski definition) is 4. The van der Waals surface area contributed by atoms with Gasteiger partial charge in [0.15, 0.2) is 0 Å². The molecule has 242 valence electrons. The average Bonchev–Trinajstić information content (AvgIpc) is 3.23. The number of fused-ring (bicyclic) bond motifs is 5. The second-order valence-corrected chi connectivity index (χ2v) is 13.1. The van der Waals surface area contributed by atoms with Gasteiger partial charge in [0, 0.05) is 38.6 Å². The smallest absolute Gasteiger partial charge is 0.0973 e. The molecule has 0 radical (unpaired) electrons. The van der Waals surface area contributed by atoms with Crippen LogP contribution in [0.1, 0.15) is 0 Å². The Bertz CT molecular complexity index is 2960. The lowest BCUT2D eigenvalue weighted by molar-refractivity contribution is 1.29. The second-order valence-electron chi connectivity index (χ2n) is 13.1. The average molecular weight is 663 g/mol. The number of para-hydroxylation sites is 1. The van der Waals surface area contributed by atoms with Crippen LogP contribution in [0.3, 0.4) is 0 Å². The monoisotopic (exact) mass is 662 g/mol. The molecule has 0 saturated carbocycles. The lowest BCUT2D eigenvalue weighted by atomic mass is 9.98. The zero-order valence-corrected chi connectivity index (χ0v) is 28.1. The molecule has 0 bridgehead atoms. The van der Waals surface area contributed by atoms with E-state index in [1.807, 2.05) is 42.5 Å². The molecule has 4 nitrogen and oxygen atoms in total. The zero-order chi connectivity index (χ0) is 34.4. The van der Waals surface area contributed by atoms with Crippen LogP contribution in [0.2, 0.25) is 0 Å². The number of hydrogen-bond donors (Lipinski definition) is 0. The van der Waals surface area contributed by atoms with Crippen LogP contribution in [0.5, 0.6) is 0 Å². The fourth-order valence-corrected chi connectivity index (χ4v) is 7.19. The number of pyridine rings is 2. The van der Waals surface area contributed by atoms with Crippen LogP contribution >= 0.6 is 0 Å². The van der Waals surface area contributed by atoms with E-state index >= 15 is 0 Å². The second kappa shape index (κ2) is 12.4. The van der Waals surface area contributed by atoms with Gasteiger partial charge in [-0.1, -0.05) is 152 Å². The topological polar surface area (TPSA) is 51.6 Å². The number of nitrogens with zero attached hydrogens (tertiary/aromatic N) is 4. The van der Waals surface area contributed by atoms with Gasteiger partial charge in [0.1, 0.15) is 0 Å². The van der Waals surface area contributed by atoms with Crippen LogP contribution in [-0.4, -0.2) is 19.9 Å². The summed E-state index contributed by atoms with van der Waals surface area (Å²) in [5.74, 6) is 0. The molecule has 0 amide bonds. The van der Waals surface area contributed by atoms with Crippen LogP contribution in [0.15, 0.2) is 182 Å². The Morgan fingerprint density at radius 1 is 0.269 bits per heavy atom. The molecule has 0 unspecified atom stereocenters. The number of rotatable bonds is 5. The lowest BCUT2D eigenvalue weighted by Gasteiger charge is -2.13. The maximum atomic E-state index is 5.34. The predicted octanol–water partition coefficient (Wildman–Crippen LogP) is 12.2. The van der Waals surface area contributed by atoms with Crippen LogP contribution in [0.4, 0.5) is 0 Å². The summed E-state index contributed by atoms with van der Waals surface area (Å²) in [6.07, 6.45) is 0. The Balaban J connectivity index is 1.09. The molecule has 0 aliphatic carbocycles. The van der Waals surface area contributed by atoms with E-state index < -0.39 is 0 Å². The Morgan fingerprint density at radius 3 is 1.48 bits per heavy atom. The number of aromatic nitrogens is 4. The van der Waals surface area contributed by atoms with Crippen molar-refractivity contribution in [1.82, 2.24) is 19.9 Å². The third-order valence-electron chi connectivity index (χ3n) is 9.82. The molecule has 10 rings (SSSR count). The highest BCUT2D eigenvalue weighted by atomic mass is 14.8. The predicted molar refractivity (Wildman–Crippen MR) is 215 cm³/mol. The third-order valence-corrected chi connectivity index (χ3v) is 9.82. The van der Waals surface area contributed by atoms with E-state index in [9.17, 15) is 0 Å². The van der Waals surface area contributed by atoms with E-state index in [1.165, 1.54) is 10.8 Å². The largest absolute Gasteiger partial charge is 0.245 e. The molecule has 0 aliphatic rings. The molecule has 3 aromatic heterocycles. The molecule has 0 spiro atoms. The Morgan fingerprint density at radius 2 is 0.788 bits per heavy atom. The Hall–Kier alpha value is -7.04. The molecule has 0 N–H and O–H groups in total. The first-order chi connectivity index (χ1) is 25.7. The highest BCUT2D eigenvalue weighted by Gasteiger charge is 2.16. The summed E-state index contributed by atoms with van der Waals surface area (Å²) in [4.78, 5) is 21.0. The van der Waals surface area contributed by atoms with Crippen molar-refractivity contribution >= 4 is 43.6 Å². The quantitative estimate of drug-likeness (QED) is 0.172. The maximum absolute atomic E-state index is 5.34. The first kappa shape index (κ1) is 29.8. The molecule has 52 heavy (non-hydrogen) atoms. The lowest BCUT2D eigenvalue weighted by Crippen LogP contribution is -1.97. The zero-order valence-electron chi connectivity index (χ0n) is 28.1. The van der Waals surface area contributed by atoms with Crippen molar-refractivity contribution in [3.63, 3.8) is 0 Å². The van der Waals surface area contributed by atoms with Crippen molar-refractivity contribution in [2.75, 3.05) is 0 Å². The standard InChI is InChI=1S/C48H30N4/c1-3-12-32(13-4-1)44-47(33-14-5-2-6-15-33)52-48-40(19-10-20-43(48)51-44)37-17-9-18-38(30-37)41-27-25-34-22-23-35-26-28-42(50-46(35)45(34)49-41)39-24-21-31-11-7-8-16-36(31)29-39/h1-30H. The highest BCUT2D eigenvalue weighted by molar-refractivity contribution is 6.04. The van der Waals surface area contributed by atoms with Gasteiger partial charge in [-0.3, -0.25) is 0 Å². The van der Waals surface area contributed by atoms with Gasteiger partial charge in [0.05, 0.1) is 44.8 Å². The highest BCUT2D eigenvalue weighted by Crippen LogP contribution is 2.36. The summed E-state index contributed by atoms with van der Waals surface area (Å²) < 4.78 is 0. The van der Waals surface area contributed by atoms with Crippen molar-refractivity contribution < 1.29 is 0 Å². The molecular weight excluding hydrogens is 633 g/mol. The van der Waals surface area contributed by atoms with Gasteiger partial charge in [-0.25, -0.2) is 19.9 Å². The van der Waals surface area contributed by atoms with E-state index in [2.05, 4.69) is 140 Å². The van der Waals surface area contributed by atoms with Crippen molar-refractivity contribution in [3.05, 3.63) is 182 Å². The molecule has 0 atom stereocenters. The Labute approximate surface area is 300 Å². The first-order valence-electron chi connectivity index (χ1n) is 17.5. The van der Waals surface area contributed by atoms with Gasteiger partial charge in [0.2, 0.25) is 0 Å². The fraction of sp³-hybridized carbons (Fsp3) is 0. The van der Waals surface area contributed by atoms with Crippen molar-refractivity contribution in [3.8, 4) is 56.2 Å². The molecule has 4 heteroatoms. The van der Waals surface area contributed by atoms with E-state index in [0.717, 1.165) is 89.0 Å². The van der Waals surface area contributed by atoms with Gasteiger partial charge in [-0.2, -0.15) is 0 Å². The van der Waals surface area contributed by atoms with Crippen LogP contribution < -0.4 is 0 Å². The maximum Gasteiger partial charge on any atom is 0.0973 e.